The lowest BCUT2D eigenvalue weighted by molar-refractivity contribution is -0.136. The van der Waals surface area contributed by atoms with E-state index in [4.69, 9.17) is 30.5 Å². The average Bonchev–Trinajstić information content (AvgIpc) is 2.61. The zero-order valence-electron chi connectivity index (χ0n) is 14.5. The van der Waals surface area contributed by atoms with Gasteiger partial charge in [-0.25, -0.2) is 9.59 Å². The molecule has 0 aromatic heterocycles. The van der Waals surface area contributed by atoms with Gasteiger partial charge in [0.25, 0.3) is 0 Å². The van der Waals surface area contributed by atoms with Crippen LogP contribution >= 0.6 is 11.6 Å². The number of methoxy groups -OCH3 is 1. The van der Waals surface area contributed by atoms with Crippen molar-refractivity contribution in [3.05, 3.63) is 58.6 Å². The molecule has 0 unspecified atom stereocenters. The van der Waals surface area contributed by atoms with Crippen LogP contribution in [0.2, 0.25) is 5.02 Å². The van der Waals surface area contributed by atoms with Crippen LogP contribution in [0.4, 0.5) is 0 Å². The largest absolute Gasteiger partial charge is 0.482 e. The summed E-state index contributed by atoms with van der Waals surface area (Å²) in [5.74, 6) is -0.170. The molecular formula is C19H19ClO6. The SMILES string of the molecule is COCCOC(=O)c1ccc(OC(=O)COc2ccc(Cl)cc2C)cc1. The van der Waals surface area contributed by atoms with Gasteiger partial charge in [0.05, 0.1) is 12.2 Å². The highest BCUT2D eigenvalue weighted by molar-refractivity contribution is 6.30. The molecule has 0 aliphatic rings. The Hall–Kier alpha value is -2.57. The van der Waals surface area contributed by atoms with Crippen LogP contribution in [0, 0.1) is 6.92 Å². The Labute approximate surface area is 156 Å². The van der Waals surface area contributed by atoms with Gasteiger partial charge in [0.1, 0.15) is 18.1 Å². The maximum absolute atomic E-state index is 11.9. The van der Waals surface area contributed by atoms with Crippen LogP contribution in [0.5, 0.6) is 11.5 Å². The van der Waals surface area contributed by atoms with Crippen LogP contribution in [-0.4, -0.2) is 38.9 Å². The molecular weight excluding hydrogens is 360 g/mol. The first-order valence-electron chi connectivity index (χ1n) is 7.85. The minimum Gasteiger partial charge on any atom is -0.482 e. The van der Waals surface area contributed by atoms with Crippen molar-refractivity contribution in [1.82, 2.24) is 0 Å². The van der Waals surface area contributed by atoms with E-state index in [0.717, 1.165) is 5.56 Å². The van der Waals surface area contributed by atoms with Gasteiger partial charge in [-0.3, -0.25) is 0 Å². The van der Waals surface area contributed by atoms with Gasteiger partial charge < -0.3 is 18.9 Å². The van der Waals surface area contributed by atoms with E-state index in [1.165, 1.54) is 31.4 Å². The molecule has 2 rings (SSSR count). The maximum atomic E-state index is 11.9. The molecule has 0 radical (unpaired) electrons. The van der Waals surface area contributed by atoms with Crippen molar-refractivity contribution >= 4 is 23.5 Å². The molecule has 0 atom stereocenters. The van der Waals surface area contributed by atoms with E-state index < -0.39 is 11.9 Å². The number of esters is 2. The lowest BCUT2D eigenvalue weighted by Crippen LogP contribution is -2.18. The number of ether oxygens (including phenoxy) is 4. The van der Waals surface area contributed by atoms with E-state index in [0.29, 0.717) is 28.7 Å². The maximum Gasteiger partial charge on any atom is 0.349 e. The summed E-state index contributed by atoms with van der Waals surface area (Å²) < 4.78 is 20.4. The molecule has 0 N–H and O–H groups in total. The van der Waals surface area contributed by atoms with Gasteiger partial charge in [-0.15, -0.1) is 0 Å². The summed E-state index contributed by atoms with van der Waals surface area (Å²) in [6.45, 7) is 2.09. The lowest BCUT2D eigenvalue weighted by Gasteiger charge is -2.09. The third-order valence-corrected chi connectivity index (χ3v) is 3.56. The van der Waals surface area contributed by atoms with Crippen molar-refractivity contribution < 1.29 is 28.5 Å². The molecule has 0 saturated carbocycles. The zero-order valence-corrected chi connectivity index (χ0v) is 15.2. The normalized spacial score (nSPS) is 10.3. The smallest absolute Gasteiger partial charge is 0.349 e. The molecule has 0 fully saturated rings. The van der Waals surface area contributed by atoms with Crippen LogP contribution in [0.3, 0.4) is 0 Å². The second-order valence-corrected chi connectivity index (χ2v) is 5.76. The summed E-state index contributed by atoms with van der Waals surface area (Å²) in [4.78, 5) is 23.6. The topological polar surface area (TPSA) is 71.1 Å². The van der Waals surface area contributed by atoms with Crippen LogP contribution in [0.1, 0.15) is 15.9 Å². The molecule has 26 heavy (non-hydrogen) atoms. The number of carbonyl (C=O) groups excluding carboxylic acids is 2. The zero-order chi connectivity index (χ0) is 18.9. The number of aryl methyl sites for hydroxylation is 1. The Bertz CT molecular complexity index is 757. The number of rotatable bonds is 8. The van der Waals surface area contributed by atoms with E-state index >= 15 is 0 Å². The number of hydrogen-bond acceptors (Lipinski definition) is 6. The Kier molecular flexibility index (Phi) is 7.44. The molecule has 0 saturated heterocycles. The highest BCUT2D eigenvalue weighted by Crippen LogP contribution is 2.22. The molecule has 0 bridgehead atoms. The Morgan fingerprint density at radius 2 is 1.77 bits per heavy atom. The highest BCUT2D eigenvalue weighted by Gasteiger charge is 2.10. The summed E-state index contributed by atoms with van der Waals surface area (Å²) in [6, 6.07) is 11.2. The fourth-order valence-electron chi connectivity index (χ4n) is 2.03. The number of benzene rings is 2. The minimum absolute atomic E-state index is 0.174. The molecule has 0 heterocycles. The van der Waals surface area contributed by atoms with Crippen molar-refractivity contribution in [3.63, 3.8) is 0 Å². The fraction of sp³-hybridized carbons (Fsp3) is 0.263. The average molecular weight is 379 g/mol. The third-order valence-electron chi connectivity index (χ3n) is 3.32. The molecule has 7 heteroatoms. The summed E-state index contributed by atoms with van der Waals surface area (Å²) in [7, 11) is 1.52. The molecule has 2 aromatic carbocycles. The van der Waals surface area contributed by atoms with Crippen molar-refractivity contribution in [2.45, 2.75) is 6.92 Å². The van der Waals surface area contributed by atoms with E-state index in [2.05, 4.69) is 0 Å². The first-order valence-corrected chi connectivity index (χ1v) is 8.23. The molecule has 138 valence electrons. The predicted octanol–water partition coefficient (Wildman–Crippen LogP) is 3.44. The van der Waals surface area contributed by atoms with Crippen LogP contribution in [-0.2, 0) is 14.3 Å². The monoisotopic (exact) mass is 378 g/mol. The number of halogens is 1. The van der Waals surface area contributed by atoms with E-state index in [-0.39, 0.29) is 13.2 Å². The molecule has 0 amide bonds. The highest BCUT2D eigenvalue weighted by atomic mass is 35.5. The van der Waals surface area contributed by atoms with Crippen molar-refractivity contribution in [3.8, 4) is 11.5 Å². The van der Waals surface area contributed by atoms with Crippen LogP contribution in [0.15, 0.2) is 42.5 Å². The number of hydrogen-bond donors (Lipinski definition) is 0. The molecule has 2 aromatic rings. The summed E-state index contributed by atoms with van der Waals surface area (Å²) in [5, 5.41) is 0.596. The first kappa shape index (κ1) is 19.8. The third kappa shape index (κ3) is 6.06. The van der Waals surface area contributed by atoms with Crippen molar-refractivity contribution in [2.75, 3.05) is 26.9 Å². The van der Waals surface area contributed by atoms with Gasteiger partial charge in [0.2, 0.25) is 0 Å². The second kappa shape index (κ2) is 9.79. The Balaban J connectivity index is 1.84. The van der Waals surface area contributed by atoms with Crippen LogP contribution < -0.4 is 9.47 Å². The van der Waals surface area contributed by atoms with Gasteiger partial charge >= 0.3 is 11.9 Å². The summed E-state index contributed by atoms with van der Waals surface area (Å²) >= 11 is 5.87. The van der Waals surface area contributed by atoms with Gasteiger partial charge in [-0.1, -0.05) is 11.6 Å². The van der Waals surface area contributed by atoms with E-state index in [1.54, 1.807) is 18.2 Å². The number of carbonyl (C=O) groups is 2. The van der Waals surface area contributed by atoms with Crippen LogP contribution in [0.25, 0.3) is 0 Å². The van der Waals surface area contributed by atoms with Gasteiger partial charge in [-0.2, -0.15) is 0 Å². The first-order chi connectivity index (χ1) is 12.5. The van der Waals surface area contributed by atoms with Gasteiger partial charge in [0.15, 0.2) is 6.61 Å². The van der Waals surface area contributed by atoms with Gasteiger partial charge in [0, 0.05) is 12.1 Å². The molecule has 0 aliphatic heterocycles. The van der Waals surface area contributed by atoms with E-state index in [1.807, 2.05) is 6.92 Å². The quantitative estimate of drug-likeness (QED) is 0.398. The lowest BCUT2D eigenvalue weighted by atomic mass is 10.2. The predicted molar refractivity (Wildman–Crippen MR) is 95.9 cm³/mol. The van der Waals surface area contributed by atoms with Crippen molar-refractivity contribution in [2.24, 2.45) is 0 Å². The second-order valence-electron chi connectivity index (χ2n) is 5.33. The fourth-order valence-corrected chi connectivity index (χ4v) is 2.26. The van der Waals surface area contributed by atoms with Gasteiger partial charge in [-0.05, 0) is 55.0 Å². The Morgan fingerprint density at radius 1 is 1.04 bits per heavy atom. The Morgan fingerprint density at radius 3 is 2.42 bits per heavy atom. The van der Waals surface area contributed by atoms with E-state index in [9.17, 15) is 9.59 Å². The standard InChI is InChI=1S/C19H19ClO6/c1-13-11-15(20)5-8-17(13)25-12-18(21)26-16-6-3-14(4-7-16)19(22)24-10-9-23-2/h3-8,11H,9-10,12H2,1-2H3. The molecule has 0 aliphatic carbocycles. The van der Waals surface area contributed by atoms with Crippen molar-refractivity contribution in [1.29, 1.82) is 0 Å². The molecule has 0 spiro atoms. The summed E-state index contributed by atoms with van der Waals surface area (Å²) in [6.07, 6.45) is 0. The summed E-state index contributed by atoms with van der Waals surface area (Å²) in [5.41, 5.74) is 1.18. The minimum atomic E-state index is -0.560. The molecule has 6 nitrogen and oxygen atoms in total.